The Morgan fingerprint density at radius 3 is 2.46 bits per heavy atom. The van der Waals surface area contributed by atoms with Gasteiger partial charge in [0.2, 0.25) is 5.91 Å². The minimum absolute atomic E-state index is 0.121. The van der Waals surface area contributed by atoms with Crippen molar-refractivity contribution in [1.82, 2.24) is 5.32 Å². The number of benzene rings is 2. The third-order valence-electron chi connectivity index (χ3n) is 4.90. The van der Waals surface area contributed by atoms with Crippen LogP contribution in [0, 0.1) is 0 Å². The molecule has 0 saturated carbocycles. The number of rotatable bonds is 5. The minimum atomic E-state index is -0.248. The summed E-state index contributed by atoms with van der Waals surface area (Å²) in [6, 6.07) is 15.0. The summed E-state index contributed by atoms with van der Waals surface area (Å²) >= 11 is 0. The Balaban J connectivity index is 1.65. The predicted octanol–water partition coefficient (Wildman–Crippen LogP) is 4.52. The molecule has 1 aliphatic rings. The van der Waals surface area contributed by atoms with Gasteiger partial charge in [0.05, 0.1) is 17.4 Å². The molecule has 2 aromatic carbocycles. The van der Waals surface area contributed by atoms with Crippen molar-refractivity contribution in [2.24, 2.45) is 0 Å². The minimum Gasteiger partial charge on any atom is -0.370 e. The predicted molar refractivity (Wildman–Crippen MR) is 114 cm³/mol. The molecular weight excluding hydrogens is 352 g/mol. The third-order valence-corrected chi connectivity index (χ3v) is 4.90. The first-order valence-electron chi connectivity index (χ1n) is 9.82. The van der Waals surface area contributed by atoms with Crippen molar-refractivity contribution >= 4 is 29.0 Å². The number of anilines is 3. The fourth-order valence-electron chi connectivity index (χ4n) is 3.52. The highest BCUT2D eigenvalue weighted by atomic mass is 16.2. The molecule has 28 heavy (non-hydrogen) atoms. The molecule has 1 fully saturated rings. The van der Waals surface area contributed by atoms with Gasteiger partial charge in [-0.25, -0.2) is 4.79 Å². The number of urea groups is 1. The van der Waals surface area contributed by atoms with Crippen molar-refractivity contribution in [2.75, 3.05) is 28.6 Å². The van der Waals surface area contributed by atoms with Gasteiger partial charge in [-0.05, 0) is 56.0 Å². The smallest absolute Gasteiger partial charge is 0.319 e. The maximum absolute atomic E-state index is 12.6. The summed E-state index contributed by atoms with van der Waals surface area (Å²) < 4.78 is 0. The molecule has 1 heterocycles. The van der Waals surface area contributed by atoms with Gasteiger partial charge in [-0.1, -0.05) is 24.3 Å². The number of nitrogens with one attached hydrogen (secondary N) is 3. The molecule has 0 spiro atoms. The van der Waals surface area contributed by atoms with Crippen molar-refractivity contribution < 1.29 is 9.59 Å². The van der Waals surface area contributed by atoms with Crippen LogP contribution in [0.4, 0.5) is 21.9 Å². The summed E-state index contributed by atoms with van der Waals surface area (Å²) in [5.41, 5.74) is 3.53. The molecule has 1 saturated heterocycles. The van der Waals surface area contributed by atoms with Crippen LogP contribution in [0.1, 0.15) is 44.7 Å². The second-order valence-electron chi connectivity index (χ2n) is 7.19. The number of carbonyl (C=O) groups is 2. The van der Waals surface area contributed by atoms with Crippen LogP contribution in [0.15, 0.2) is 48.5 Å². The number of nitrogens with zero attached hydrogens (tertiary/aromatic N) is 1. The van der Waals surface area contributed by atoms with Crippen LogP contribution >= 0.6 is 0 Å². The molecular formula is C22H28N4O2. The first kappa shape index (κ1) is 19.7. The van der Waals surface area contributed by atoms with Gasteiger partial charge in [-0.3, -0.25) is 4.79 Å². The van der Waals surface area contributed by atoms with Gasteiger partial charge in [0.25, 0.3) is 0 Å². The largest absolute Gasteiger partial charge is 0.370 e. The lowest BCUT2D eigenvalue weighted by Crippen LogP contribution is -2.33. The zero-order valence-corrected chi connectivity index (χ0v) is 16.5. The van der Waals surface area contributed by atoms with Crippen LogP contribution in [0.5, 0.6) is 0 Å². The Kier molecular flexibility index (Phi) is 6.53. The van der Waals surface area contributed by atoms with E-state index in [2.05, 4.69) is 26.9 Å². The van der Waals surface area contributed by atoms with Gasteiger partial charge in [-0.2, -0.15) is 0 Å². The molecule has 148 valence electrons. The van der Waals surface area contributed by atoms with Gasteiger partial charge >= 0.3 is 6.03 Å². The molecule has 6 nitrogen and oxygen atoms in total. The Bertz CT molecular complexity index is 831. The molecule has 0 bridgehead atoms. The average Bonchev–Trinajstić information content (AvgIpc) is 2.68. The Hall–Kier alpha value is -3.02. The third kappa shape index (κ3) is 5.25. The monoisotopic (exact) mass is 380 g/mol. The number of para-hydroxylation sites is 2. The van der Waals surface area contributed by atoms with E-state index in [1.54, 1.807) is 0 Å². The molecule has 1 atom stereocenters. The lowest BCUT2D eigenvalue weighted by atomic mass is 10.1. The van der Waals surface area contributed by atoms with Crippen molar-refractivity contribution in [3.8, 4) is 0 Å². The van der Waals surface area contributed by atoms with Crippen molar-refractivity contribution in [2.45, 2.75) is 39.2 Å². The fraction of sp³-hybridized carbons (Fsp3) is 0.364. The molecule has 0 aromatic heterocycles. The summed E-state index contributed by atoms with van der Waals surface area (Å²) in [7, 11) is 0. The molecule has 2 aromatic rings. The molecule has 3 N–H and O–H groups in total. The molecule has 0 aliphatic carbocycles. The van der Waals surface area contributed by atoms with Crippen LogP contribution in [0.2, 0.25) is 0 Å². The van der Waals surface area contributed by atoms with Gasteiger partial charge in [0, 0.05) is 25.7 Å². The van der Waals surface area contributed by atoms with E-state index in [0.717, 1.165) is 35.7 Å². The van der Waals surface area contributed by atoms with Gasteiger partial charge < -0.3 is 20.9 Å². The number of amides is 3. The highest BCUT2D eigenvalue weighted by Gasteiger charge is 2.16. The van der Waals surface area contributed by atoms with Gasteiger partial charge in [0.15, 0.2) is 0 Å². The van der Waals surface area contributed by atoms with E-state index < -0.39 is 0 Å². The van der Waals surface area contributed by atoms with E-state index in [1.165, 1.54) is 26.2 Å². The zero-order valence-electron chi connectivity index (χ0n) is 16.5. The number of hydrogen-bond donors (Lipinski definition) is 3. The Morgan fingerprint density at radius 1 is 0.964 bits per heavy atom. The van der Waals surface area contributed by atoms with Gasteiger partial charge in [-0.15, -0.1) is 0 Å². The first-order valence-corrected chi connectivity index (χ1v) is 9.82. The van der Waals surface area contributed by atoms with E-state index >= 15 is 0 Å². The van der Waals surface area contributed by atoms with Crippen molar-refractivity contribution in [3.05, 3.63) is 54.1 Å². The highest BCUT2D eigenvalue weighted by Crippen LogP contribution is 2.28. The first-order chi connectivity index (χ1) is 13.5. The molecule has 3 rings (SSSR count). The van der Waals surface area contributed by atoms with Crippen LogP contribution in [-0.4, -0.2) is 25.0 Å². The molecule has 1 aliphatic heterocycles. The van der Waals surface area contributed by atoms with Crippen molar-refractivity contribution in [1.29, 1.82) is 0 Å². The van der Waals surface area contributed by atoms with Crippen LogP contribution < -0.4 is 20.9 Å². The van der Waals surface area contributed by atoms with E-state index in [-0.39, 0.29) is 18.0 Å². The SMILES string of the molecule is CC(=O)Nc1cccc([C@@H](C)NC(=O)Nc2ccccc2N2CCCCC2)c1. The lowest BCUT2D eigenvalue weighted by molar-refractivity contribution is -0.114. The maximum Gasteiger partial charge on any atom is 0.319 e. The lowest BCUT2D eigenvalue weighted by Gasteiger charge is -2.30. The van der Waals surface area contributed by atoms with Crippen LogP contribution in [0.3, 0.4) is 0 Å². The van der Waals surface area contributed by atoms with E-state index in [1.807, 2.05) is 49.4 Å². The maximum atomic E-state index is 12.6. The molecule has 0 radical (unpaired) electrons. The van der Waals surface area contributed by atoms with Crippen LogP contribution in [0.25, 0.3) is 0 Å². The fourth-order valence-corrected chi connectivity index (χ4v) is 3.52. The summed E-state index contributed by atoms with van der Waals surface area (Å²) in [6.07, 6.45) is 3.63. The number of hydrogen-bond acceptors (Lipinski definition) is 3. The second-order valence-corrected chi connectivity index (χ2v) is 7.19. The normalized spacial score (nSPS) is 14.9. The summed E-state index contributed by atoms with van der Waals surface area (Å²) in [4.78, 5) is 26.2. The van der Waals surface area contributed by atoms with E-state index in [9.17, 15) is 9.59 Å². The molecule has 0 unspecified atom stereocenters. The molecule has 3 amide bonds. The highest BCUT2D eigenvalue weighted by molar-refractivity contribution is 5.93. The topological polar surface area (TPSA) is 73.5 Å². The van der Waals surface area contributed by atoms with Gasteiger partial charge in [0.1, 0.15) is 0 Å². The van der Waals surface area contributed by atoms with Crippen molar-refractivity contribution in [3.63, 3.8) is 0 Å². The Morgan fingerprint density at radius 2 is 1.71 bits per heavy atom. The summed E-state index contributed by atoms with van der Waals surface area (Å²) in [5.74, 6) is -0.121. The molecule has 6 heteroatoms. The zero-order chi connectivity index (χ0) is 19.9. The number of piperidine rings is 1. The van der Waals surface area contributed by atoms with Crippen LogP contribution in [-0.2, 0) is 4.79 Å². The van der Waals surface area contributed by atoms with E-state index in [4.69, 9.17) is 0 Å². The standard InChI is InChI=1S/C22H28N4O2/c1-16(18-9-8-10-19(15-18)24-17(2)27)23-22(28)25-20-11-4-5-12-21(20)26-13-6-3-7-14-26/h4-5,8-12,15-16H,3,6-7,13-14H2,1-2H3,(H,24,27)(H2,23,25,28)/t16-/m1/s1. The summed E-state index contributed by atoms with van der Waals surface area (Å²) in [5, 5.41) is 8.73. The second kappa shape index (κ2) is 9.26. The van der Waals surface area contributed by atoms with E-state index in [0.29, 0.717) is 0 Å². The quantitative estimate of drug-likeness (QED) is 0.714. The summed E-state index contributed by atoms with van der Waals surface area (Å²) in [6.45, 7) is 5.43. The number of carbonyl (C=O) groups excluding carboxylic acids is 2. The Labute approximate surface area is 166 Å². The average molecular weight is 380 g/mol.